The van der Waals surface area contributed by atoms with Crippen molar-refractivity contribution in [3.63, 3.8) is 0 Å². The molecule has 0 aliphatic rings. The largest absolute Gasteiger partial charge is 0.480 e. The van der Waals surface area contributed by atoms with E-state index in [1.807, 2.05) is 27.7 Å². The lowest BCUT2D eigenvalue weighted by atomic mass is 9.86. The first-order chi connectivity index (χ1) is 10.0. The Morgan fingerprint density at radius 2 is 1.59 bits per heavy atom. The van der Waals surface area contributed by atoms with Crippen LogP contribution < -0.4 is 0 Å². The maximum absolute atomic E-state index is 12.0. The van der Waals surface area contributed by atoms with Crippen LogP contribution in [0.5, 0.6) is 0 Å². The van der Waals surface area contributed by atoms with Crippen molar-refractivity contribution in [3.05, 3.63) is 0 Å². The van der Waals surface area contributed by atoms with Gasteiger partial charge in [0.1, 0.15) is 4.75 Å². The fourth-order valence-electron chi connectivity index (χ4n) is 2.50. The maximum atomic E-state index is 12.0. The van der Waals surface area contributed by atoms with E-state index in [9.17, 15) is 23.1 Å². The number of alkyl halides is 3. The molecule has 0 spiro atoms. The third kappa shape index (κ3) is 8.30. The van der Waals surface area contributed by atoms with Crippen LogP contribution >= 0.6 is 11.8 Å². The molecule has 1 atom stereocenters. The van der Waals surface area contributed by atoms with Gasteiger partial charge in [-0.3, -0.25) is 4.79 Å². The van der Waals surface area contributed by atoms with Gasteiger partial charge < -0.3 is 5.11 Å². The van der Waals surface area contributed by atoms with Gasteiger partial charge in [0.25, 0.3) is 0 Å². The smallest absolute Gasteiger partial charge is 0.389 e. The summed E-state index contributed by atoms with van der Waals surface area (Å²) in [5.41, 5.74) is 0. The fraction of sp³-hybridized carbons (Fsp3) is 0.938. The van der Waals surface area contributed by atoms with Gasteiger partial charge >= 0.3 is 12.1 Å². The minimum Gasteiger partial charge on any atom is -0.480 e. The highest BCUT2D eigenvalue weighted by molar-refractivity contribution is 8.01. The van der Waals surface area contributed by atoms with Gasteiger partial charge in [-0.15, -0.1) is 11.8 Å². The van der Waals surface area contributed by atoms with Crippen molar-refractivity contribution in [1.29, 1.82) is 0 Å². The molecule has 0 rings (SSSR count). The van der Waals surface area contributed by atoms with E-state index >= 15 is 0 Å². The molecule has 1 unspecified atom stereocenters. The molecule has 0 aliphatic heterocycles. The first kappa shape index (κ1) is 21.6. The topological polar surface area (TPSA) is 37.3 Å². The molecule has 0 heterocycles. The molecule has 0 saturated heterocycles. The Balaban J connectivity index is 4.22. The predicted octanol–water partition coefficient (Wildman–Crippen LogP) is 5.76. The van der Waals surface area contributed by atoms with Crippen LogP contribution in [0.15, 0.2) is 0 Å². The normalized spacial score (nSPS) is 15.3. The zero-order valence-electron chi connectivity index (χ0n) is 14.0. The second-order valence-corrected chi connectivity index (χ2v) is 8.00. The number of carboxylic acid groups (broad SMARTS) is 1. The van der Waals surface area contributed by atoms with Crippen molar-refractivity contribution in [3.8, 4) is 0 Å². The summed E-state index contributed by atoms with van der Waals surface area (Å²) in [7, 11) is 0. The Labute approximate surface area is 136 Å². The van der Waals surface area contributed by atoms with Gasteiger partial charge in [-0.25, -0.2) is 0 Å². The number of aliphatic carboxylic acids is 1. The lowest BCUT2D eigenvalue weighted by Gasteiger charge is -2.34. The van der Waals surface area contributed by atoms with E-state index in [0.29, 0.717) is 18.6 Å². The molecule has 0 amide bonds. The molecule has 6 heteroatoms. The summed E-state index contributed by atoms with van der Waals surface area (Å²) in [6.45, 7) is 7.87. The van der Waals surface area contributed by atoms with E-state index in [1.54, 1.807) is 0 Å². The first-order valence-electron chi connectivity index (χ1n) is 7.95. The summed E-state index contributed by atoms with van der Waals surface area (Å²) in [5.74, 6) is 0.210. The van der Waals surface area contributed by atoms with Crippen molar-refractivity contribution in [2.24, 2.45) is 11.8 Å². The van der Waals surface area contributed by atoms with Crippen LogP contribution in [-0.2, 0) is 4.79 Å². The SMILES string of the molecule is CC(C)CC(SCCCCCCC(F)(F)F)(C(=O)O)C(C)C. The van der Waals surface area contributed by atoms with Crippen molar-refractivity contribution < 1.29 is 23.1 Å². The Bertz CT molecular complexity index is 330. The summed E-state index contributed by atoms with van der Waals surface area (Å²) in [6, 6.07) is 0. The molecule has 1 N–H and O–H groups in total. The van der Waals surface area contributed by atoms with Crippen LogP contribution in [0.2, 0.25) is 0 Å². The molecule has 0 aromatic carbocycles. The number of hydrogen-bond donors (Lipinski definition) is 1. The lowest BCUT2D eigenvalue weighted by Crippen LogP contribution is -2.42. The number of halogens is 3. The number of thioether (sulfide) groups is 1. The number of carboxylic acids is 1. The van der Waals surface area contributed by atoms with Gasteiger partial charge in [-0.05, 0) is 36.9 Å². The molecular weight excluding hydrogens is 313 g/mol. The standard InChI is InChI=1S/C16H29F3O2S/c1-12(2)11-15(13(3)4,14(20)21)22-10-8-6-5-7-9-16(17,18)19/h12-13H,5-11H2,1-4H3,(H,20,21). The highest BCUT2D eigenvalue weighted by atomic mass is 32.2. The van der Waals surface area contributed by atoms with E-state index in [-0.39, 0.29) is 18.3 Å². The van der Waals surface area contributed by atoms with Crippen molar-refractivity contribution in [2.45, 2.75) is 77.1 Å². The Kier molecular flexibility index (Phi) is 9.51. The van der Waals surface area contributed by atoms with Crippen molar-refractivity contribution in [2.75, 3.05) is 5.75 Å². The van der Waals surface area contributed by atoms with E-state index in [0.717, 1.165) is 12.8 Å². The van der Waals surface area contributed by atoms with Gasteiger partial charge in [0.15, 0.2) is 0 Å². The van der Waals surface area contributed by atoms with E-state index in [2.05, 4.69) is 0 Å². The number of carbonyl (C=O) groups is 1. The second-order valence-electron chi connectivity index (χ2n) is 6.58. The Morgan fingerprint density at radius 1 is 1.05 bits per heavy atom. The van der Waals surface area contributed by atoms with E-state index in [4.69, 9.17) is 0 Å². The van der Waals surface area contributed by atoms with Crippen LogP contribution in [0, 0.1) is 11.8 Å². The predicted molar refractivity (Wildman–Crippen MR) is 86.3 cm³/mol. The molecule has 132 valence electrons. The van der Waals surface area contributed by atoms with Crippen LogP contribution in [0.3, 0.4) is 0 Å². The van der Waals surface area contributed by atoms with Crippen LogP contribution in [0.4, 0.5) is 13.2 Å². The van der Waals surface area contributed by atoms with E-state index in [1.165, 1.54) is 11.8 Å². The quantitative estimate of drug-likeness (QED) is 0.485. The molecule has 0 fully saturated rings. The Morgan fingerprint density at radius 3 is 2.00 bits per heavy atom. The maximum Gasteiger partial charge on any atom is 0.389 e. The second kappa shape index (κ2) is 9.68. The molecule has 0 aromatic rings. The number of hydrogen-bond acceptors (Lipinski definition) is 2. The third-order valence-corrected chi connectivity index (χ3v) is 5.54. The van der Waals surface area contributed by atoms with Gasteiger partial charge in [0, 0.05) is 6.42 Å². The lowest BCUT2D eigenvalue weighted by molar-refractivity contribution is -0.141. The summed E-state index contributed by atoms with van der Waals surface area (Å²) in [5, 5.41) is 9.63. The van der Waals surface area contributed by atoms with Crippen LogP contribution in [0.1, 0.15) is 66.2 Å². The van der Waals surface area contributed by atoms with Crippen molar-refractivity contribution >= 4 is 17.7 Å². The first-order valence-corrected chi connectivity index (χ1v) is 8.94. The van der Waals surface area contributed by atoms with E-state index < -0.39 is 23.3 Å². The summed E-state index contributed by atoms with van der Waals surface area (Å²) >= 11 is 1.46. The number of unbranched alkanes of at least 4 members (excludes halogenated alkanes) is 3. The summed E-state index contributed by atoms with van der Waals surface area (Å²) < 4.78 is 35.3. The molecule has 2 nitrogen and oxygen atoms in total. The van der Waals surface area contributed by atoms with Crippen LogP contribution in [0.25, 0.3) is 0 Å². The zero-order chi connectivity index (χ0) is 17.4. The third-order valence-electron chi connectivity index (χ3n) is 3.72. The molecule has 0 radical (unpaired) electrons. The molecule has 0 aromatic heterocycles. The average Bonchev–Trinajstić information content (AvgIpc) is 2.33. The van der Waals surface area contributed by atoms with Gasteiger partial charge in [-0.1, -0.05) is 40.5 Å². The highest BCUT2D eigenvalue weighted by Crippen LogP contribution is 2.40. The fourth-order valence-corrected chi connectivity index (χ4v) is 4.12. The van der Waals surface area contributed by atoms with Gasteiger partial charge in [0.2, 0.25) is 0 Å². The minimum atomic E-state index is -4.07. The monoisotopic (exact) mass is 342 g/mol. The minimum absolute atomic E-state index is 0.0163. The van der Waals surface area contributed by atoms with Gasteiger partial charge in [-0.2, -0.15) is 13.2 Å². The summed E-state index contributed by atoms with van der Waals surface area (Å²) in [6.07, 6.45) is -1.99. The number of rotatable bonds is 11. The molecular formula is C16H29F3O2S. The molecule has 0 aliphatic carbocycles. The zero-order valence-corrected chi connectivity index (χ0v) is 14.8. The molecule has 22 heavy (non-hydrogen) atoms. The van der Waals surface area contributed by atoms with Gasteiger partial charge in [0.05, 0.1) is 0 Å². The summed E-state index contributed by atoms with van der Waals surface area (Å²) in [4.78, 5) is 11.7. The van der Waals surface area contributed by atoms with Crippen molar-refractivity contribution in [1.82, 2.24) is 0 Å². The Hall–Kier alpha value is -0.390. The molecule has 0 bridgehead atoms. The highest BCUT2D eigenvalue weighted by Gasteiger charge is 2.42. The molecule has 0 saturated carbocycles. The van der Waals surface area contributed by atoms with Crippen LogP contribution in [-0.4, -0.2) is 27.8 Å². The average molecular weight is 342 g/mol.